The van der Waals surface area contributed by atoms with Crippen molar-refractivity contribution in [2.75, 3.05) is 13.6 Å². The lowest BCUT2D eigenvalue weighted by Gasteiger charge is -2.14. The fourth-order valence-electron chi connectivity index (χ4n) is 1.75. The maximum atomic E-state index is 12.0. The number of rotatable bonds is 3. The summed E-state index contributed by atoms with van der Waals surface area (Å²) in [6, 6.07) is 1.72. The van der Waals surface area contributed by atoms with Gasteiger partial charge in [-0.2, -0.15) is 0 Å². The second kappa shape index (κ2) is 4.48. The van der Waals surface area contributed by atoms with Crippen LogP contribution in [0.4, 0.5) is 0 Å². The van der Waals surface area contributed by atoms with E-state index in [2.05, 4.69) is 9.97 Å². The number of carbonyl (C=O) groups is 2. The third-order valence-electron chi connectivity index (χ3n) is 2.70. The van der Waals surface area contributed by atoms with Crippen molar-refractivity contribution in [1.82, 2.24) is 14.9 Å². The average molecular weight is 247 g/mol. The molecular weight excluding hydrogens is 234 g/mol. The number of hydrogen-bond acceptors (Lipinski definition) is 3. The zero-order valence-electron chi connectivity index (χ0n) is 10.1. The van der Waals surface area contributed by atoms with Crippen LogP contribution < -0.4 is 0 Å². The van der Waals surface area contributed by atoms with E-state index in [1.54, 1.807) is 6.07 Å². The molecule has 2 N–H and O–H groups in total. The van der Waals surface area contributed by atoms with Crippen molar-refractivity contribution in [3.63, 3.8) is 0 Å². The smallest absolute Gasteiger partial charge is 0.323 e. The van der Waals surface area contributed by atoms with E-state index in [0.717, 1.165) is 15.8 Å². The first-order valence-corrected chi connectivity index (χ1v) is 5.40. The minimum absolute atomic E-state index is 0.330. The summed E-state index contributed by atoms with van der Waals surface area (Å²) in [5, 5.41) is 9.51. The van der Waals surface area contributed by atoms with Crippen LogP contribution in [0.2, 0.25) is 0 Å². The van der Waals surface area contributed by atoms with Crippen LogP contribution in [0.15, 0.2) is 18.5 Å². The van der Waals surface area contributed by atoms with Crippen LogP contribution in [-0.4, -0.2) is 45.4 Å². The van der Waals surface area contributed by atoms with Gasteiger partial charge in [0.05, 0.1) is 5.56 Å². The molecule has 0 spiro atoms. The lowest BCUT2D eigenvalue weighted by molar-refractivity contribution is -0.137. The molecule has 0 saturated heterocycles. The number of aryl methyl sites for hydroxylation is 1. The molecular formula is C12H13N3O3. The second-order valence-corrected chi connectivity index (χ2v) is 4.15. The van der Waals surface area contributed by atoms with Crippen molar-refractivity contribution in [2.45, 2.75) is 6.92 Å². The van der Waals surface area contributed by atoms with Gasteiger partial charge in [0, 0.05) is 24.8 Å². The SMILES string of the molecule is Cc1c[nH]c2ncc(C(=O)N(C)CC(=O)O)cc12. The standard InChI is InChI=1S/C12H13N3O3/c1-7-4-13-11-9(7)3-8(5-14-11)12(18)15(2)6-10(16)17/h3-5H,6H2,1-2H3,(H,13,14)(H,16,17). The quantitative estimate of drug-likeness (QED) is 0.848. The van der Waals surface area contributed by atoms with Crippen molar-refractivity contribution in [3.8, 4) is 0 Å². The molecule has 6 heteroatoms. The molecule has 0 fully saturated rings. The first kappa shape index (κ1) is 12.1. The van der Waals surface area contributed by atoms with Gasteiger partial charge in [-0.1, -0.05) is 0 Å². The number of pyridine rings is 1. The van der Waals surface area contributed by atoms with E-state index < -0.39 is 5.97 Å². The number of fused-ring (bicyclic) bond motifs is 1. The normalized spacial score (nSPS) is 10.6. The van der Waals surface area contributed by atoms with Gasteiger partial charge in [-0.05, 0) is 18.6 Å². The number of aromatic nitrogens is 2. The van der Waals surface area contributed by atoms with Crippen molar-refractivity contribution < 1.29 is 14.7 Å². The molecule has 2 aromatic heterocycles. The van der Waals surface area contributed by atoms with Crippen molar-refractivity contribution in [1.29, 1.82) is 0 Å². The molecule has 2 heterocycles. The molecule has 2 aromatic rings. The van der Waals surface area contributed by atoms with Crippen LogP contribution in [0.3, 0.4) is 0 Å². The van der Waals surface area contributed by atoms with Gasteiger partial charge in [0.25, 0.3) is 5.91 Å². The number of nitrogens with zero attached hydrogens (tertiary/aromatic N) is 2. The number of nitrogens with one attached hydrogen (secondary N) is 1. The summed E-state index contributed by atoms with van der Waals surface area (Å²) < 4.78 is 0. The van der Waals surface area contributed by atoms with E-state index in [4.69, 9.17) is 5.11 Å². The number of hydrogen-bond donors (Lipinski definition) is 2. The van der Waals surface area contributed by atoms with Gasteiger partial charge in [-0.15, -0.1) is 0 Å². The molecule has 1 amide bonds. The highest BCUT2D eigenvalue weighted by molar-refractivity contribution is 5.98. The number of amides is 1. The predicted molar refractivity (Wildman–Crippen MR) is 65.4 cm³/mol. The summed E-state index contributed by atoms with van der Waals surface area (Å²) >= 11 is 0. The fraction of sp³-hybridized carbons (Fsp3) is 0.250. The maximum Gasteiger partial charge on any atom is 0.323 e. The van der Waals surface area contributed by atoms with Crippen LogP contribution >= 0.6 is 0 Å². The Hall–Kier alpha value is -2.37. The van der Waals surface area contributed by atoms with Crippen LogP contribution in [0, 0.1) is 6.92 Å². The Morgan fingerprint density at radius 2 is 2.22 bits per heavy atom. The number of carboxylic acids is 1. The van der Waals surface area contributed by atoms with E-state index in [-0.39, 0.29) is 12.5 Å². The van der Waals surface area contributed by atoms with Gasteiger partial charge >= 0.3 is 5.97 Å². The van der Waals surface area contributed by atoms with E-state index in [1.807, 2.05) is 13.1 Å². The Labute approximate surface area is 103 Å². The fourth-order valence-corrected chi connectivity index (χ4v) is 1.75. The lowest BCUT2D eigenvalue weighted by Crippen LogP contribution is -2.31. The molecule has 0 aromatic carbocycles. The van der Waals surface area contributed by atoms with Crippen molar-refractivity contribution >= 4 is 22.9 Å². The first-order valence-electron chi connectivity index (χ1n) is 5.40. The summed E-state index contributed by atoms with van der Waals surface area (Å²) in [5.41, 5.74) is 2.09. The van der Waals surface area contributed by atoms with E-state index >= 15 is 0 Å². The highest BCUT2D eigenvalue weighted by atomic mass is 16.4. The third kappa shape index (κ3) is 2.17. The molecule has 0 atom stereocenters. The predicted octanol–water partition coefficient (Wildman–Crippen LogP) is 1.03. The van der Waals surface area contributed by atoms with Gasteiger partial charge in [-0.25, -0.2) is 4.98 Å². The summed E-state index contributed by atoms with van der Waals surface area (Å²) in [5.74, 6) is -1.40. The molecule has 0 aliphatic heterocycles. The van der Waals surface area contributed by atoms with E-state index in [1.165, 1.54) is 13.2 Å². The van der Waals surface area contributed by atoms with Gasteiger partial charge in [0.2, 0.25) is 0 Å². The number of likely N-dealkylation sites (N-methyl/N-ethyl adjacent to an activating group) is 1. The van der Waals surface area contributed by atoms with E-state index in [0.29, 0.717) is 11.2 Å². The Bertz CT molecular complexity index is 618. The molecule has 0 saturated carbocycles. The zero-order valence-corrected chi connectivity index (χ0v) is 10.1. The van der Waals surface area contributed by atoms with Crippen LogP contribution in [0.5, 0.6) is 0 Å². The third-order valence-corrected chi connectivity index (χ3v) is 2.70. The van der Waals surface area contributed by atoms with Crippen LogP contribution in [0.1, 0.15) is 15.9 Å². The molecule has 0 aliphatic carbocycles. The maximum absolute atomic E-state index is 12.0. The summed E-state index contributed by atoms with van der Waals surface area (Å²) in [7, 11) is 1.45. The summed E-state index contributed by atoms with van der Waals surface area (Å²) in [4.78, 5) is 30.8. The zero-order chi connectivity index (χ0) is 13.3. The molecule has 94 valence electrons. The van der Waals surface area contributed by atoms with Crippen molar-refractivity contribution in [2.24, 2.45) is 0 Å². The molecule has 0 radical (unpaired) electrons. The Kier molecular flexibility index (Phi) is 3.01. The molecule has 0 aliphatic rings. The van der Waals surface area contributed by atoms with Gasteiger partial charge in [-0.3, -0.25) is 9.59 Å². The number of carbonyl (C=O) groups excluding carboxylic acids is 1. The minimum Gasteiger partial charge on any atom is -0.480 e. The van der Waals surface area contributed by atoms with Gasteiger partial charge in [0.1, 0.15) is 12.2 Å². The van der Waals surface area contributed by atoms with Gasteiger partial charge in [0.15, 0.2) is 0 Å². The molecule has 0 unspecified atom stereocenters. The van der Waals surface area contributed by atoms with Crippen molar-refractivity contribution in [3.05, 3.63) is 29.6 Å². The Morgan fingerprint density at radius 1 is 1.50 bits per heavy atom. The summed E-state index contributed by atoms with van der Waals surface area (Å²) in [6.45, 7) is 1.58. The monoisotopic (exact) mass is 247 g/mol. The Balaban J connectivity index is 2.32. The van der Waals surface area contributed by atoms with Gasteiger partial charge < -0.3 is 15.0 Å². The number of aromatic amines is 1. The molecule has 18 heavy (non-hydrogen) atoms. The second-order valence-electron chi connectivity index (χ2n) is 4.15. The lowest BCUT2D eigenvalue weighted by atomic mass is 10.1. The number of aliphatic carboxylic acids is 1. The average Bonchev–Trinajstić information content (AvgIpc) is 2.69. The molecule has 6 nitrogen and oxygen atoms in total. The first-order chi connectivity index (χ1) is 8.49. The largest absolute Gasteiger partial charge is 0.480 e. The molecule has 0 bridgehead atoms. The molecule has 2 rings (SSSR count). The topological polar surface area (TPSA) is 86.3 Å². The van der Waals surface area contributed by atoms with Crippen LogP contribution in [0.25, 0.3) is 11.0 Å². The van der Waals surface area contributed by atoms with E-state index in [9.17, 15) is 9.59 Å². The summed E-state index contributed by atoms with van der Waals surface area (Å²) in [6.07, 6.45) is 3.26. The Morgan fingerprint density at radius 3 is 2.89 bits per heavy atom. The number of carboxylic acid groups (broad SMARTS) is 1. The highest BCUT2D eigenvalue weighted by Crippen LogP contribution is 2.17. The highest BCUT2D eigenvalue weighted by Gasteiger charge is 2.15. The minimum atomic E-state index is -1.04. The number of H-pyrrole nitrogens is 1. The van der Waals surface area contributed by atoms with Crippen LogP contribution in [-0.2, 0) is 4.79 Å².